The van der Waals surface area contributed by atoms with Crippen LogP contribution in [-0.4, -0.2) is 75.1 Å². The zero-order chi connectivity index (χ0) is 84.7. The summed E-state index contributed by atoms with van der Waals surface area (Å²) < 4.78 is 25.0. The number of aliphatic hydroxyl groups is 2. The Morgan fingerprint density at radius 1 is 0.344 bits per heavy atom. The van der Waals surface area contributed by atoms with Crippen molar-refractivity contribution in [3.8, 4) is 91.0 Å². The molecule has 0 saturated heterocycles. The molecule has 0 saturated carbocycles. The van der Waals surface area contributed by atoms with E-state index in [0.717, 1.165) is 88.5 Å². The van der Waals surface area contributed by atoms with Crippen molar-refractivity contribution in [2.45, 2.75) is 66.9 Å². The molecule has 0 amide bonds. The zero-order valence-electron chi connectivity index (χ0n) is 67.6. The molecule has 636 valence electrons. The van der Waals surface area contributed by atoms with Gasteiger partial charge in [0, 0.05) is 243 Å². The van der Waals surface area contributed by atoms with E-state index in [9.17, 15) is 9.59 Å². The molecule has 0 aliphatic carbocycles. The van der Waals surface area contributed by atoms with Crippen LogP contribution in [0, 0.1) is 24.3 Å². The minimum absolute atomic E-state index is 0. The zero-order valence-corrected chi connectivity index (χ0v) is 83.9. The molecule has 12 heterocycles. The number of nitrogens with zero attached hydrogens (tertiary/aromatic N) is 8. The summed E-state index contributed by atoms with van der Waals surface area (Å²) in [6, 6.07) is 84.8. The first kappa shape index (κ1) is 92.7. The Bertz CT molecular complexity index is 6460. The Labute approximate surface area is 821 Å². The topological polar surface area (TPSA) is 215 Å². The minimum Gasteiger partial charge on any atom is -0.512 e. The minimum atomic E-state index is -2.31. The Morgan fingerprint density at radius 2 is 0.617 bits per heavy atom. The summed E-state index contributed by atoms with van der Waals surface area (Å²) in [5.74, 6) is 5.72. The van der Waals surface area contributed by atoms with Gasteiger partial charge in [-0.2, -0.15) is 0 Å². The molecule has 16 aromatic rings. The molecular formula is C98H64B2Ir4N8O8P2S6-4. The fourth-order valence-corrected chi connectivity index (χ4v) is 29.6. The van der Waals surface area contributed by atoms with Gasteiger partial charge in [0.2, 0.25) is 0 Å². The summed E-state index contributed by atoms with van der Waals surface area (Å²) >= 11 is 20.2. The van der Waals surface area contributed by atoms with Crippen LogP contribution in [0.15, 0.2) is 356 Å². The third-order valence-electron chi connectivity index (χ3n) is 20.9. The molecule has 30 heteroatoms. The van der Waals surface area contributed by atoms with Gasteiger partial charge in [-0.15, -0.1) is 104 Å². The number of aliphatic hydroxyl groups excluding tert-OH is 2. The Balaban J connectivity index is 0.000000124. The third-order valence-corrected chi connectivity index (χ3v) is 35.2. The number of hydrogen-bond donors (Lipinski definition) is 2. The van der Waals surface area contributed by atoms with Crippen LogP contribution in [0.4, 0.5) is 0 Å². The second-order valence-electron chi connectivity index (χ2n) is 29.1. The molecule has 0 fully saturated rings. The molecule has 12 aromatic carbocycles. The Hall–Kier alpha value is -9.99. The van der Waals surface area contributed by atoms with Gasteiger partial charge in [0.25, 0.3) is 0 Å². The normalized spacial score (nSPS) is 14.9. The number of rotatable bonds is 6. The molecule has 2 unspecified atom stereocenters. The van der Waals surface area contributed by atoms with E-state index in [0.29, 0.717) is 34.4 Å². The number of allylic oxidation sites excluding steroid dienone is 4. The van der Waals surface area contributed by atoms with Crippen molar-refractivity contribution in [3.05, 3.63) is 341 Å². The van der Waals surface area contributed by atoms with Crippen molar-refractivity contribution in [3.63, 3.8) is 0 Å². The largest absolute Gasteiger partial charge is 0.512 e. The van der Waals surface area contributed by atoms with Gasteiger partial charge in [-0.25, -0.2) is 0 Å². The SMILES string of the molecule is CC(=O)C=C(C)O.CC(=O)C=C(C)O.S=P12c3ccccc3Oc3[c-]c(-c4cnccn4)cc(c31)Oc1ccccc12.S=P12c3ccccc3Oc3[c-]c(-c4cnccn4)cc(c31)Oc1ccccc12.[Ir].[Ir].[Ir].[Ir].[c-]1c(-c2cnccn2)cc2c3c1Sc1ccccc1B3c1ccccc1S2.[c-]1c(-c2cnccn2)cc2c3c1Sc1ccccc1B3c1ccccc1S2. The van der Waals surface area contributed by atoms with Crippen LogP contribution >= 0.6 is 59.1 Å². The van der Waals surface area contributed by atoms with Crippen molar-refractivity contribution in [2.75, 3.05) is 0 Å². The first-order valence-corrected chi connectivity index (χ1v) is 48.0. The summed E-state index contributed by atoms with van der Waals surface area (Å²) in [5, 5.41) is 22.8. The summed E-state index contributed by atoms with van der Waals surface area (Å²) in [6.45, 7) is 6.25. The van der Waals surface area contributed by atoms with E-state index in [4.69, 9.17) is 52.8 Å². The van der Waals surface area contributed by atoms with Gasteiger partial charge in [0.15, 0.2) is 25.0 Å². The molecule has 0 bridgehead atoms. The Kier molecular flexibility index (Phi) is 29.1. The maximum absolute atomic E-state index is 10.0. The number of para-hydroxylation sites is 4. The van der Waals surface area contributed by atoms with Gasteiger partial charge in [0.1, 0.15) is 23.0 Å². The van der Waals surface area contributed by atoms with Gasteiger partial charge >= 0.3 is 0 Å². The van der Waals surface area contributed by atoms with Crippen molar-refractivity contribution in [1.82, 2.24) is 39.9 Å². The van der Waals surface area contributed by atoms with E-state index in [1.807, 2.05) is 144 Å². The summed E-state index contributed by atoms with van der Waals surface area (Å²) in [4.78, 5) is 64.9. The molecule has 128 heavy (non-hydrogen) atoms. The van der Waals surface area contributed by atoms with E-state index in [1.165, 1.54) is 112 Å². The van der Waals surface area contributed by atoms with Gasteiger partial charge < -0.3 is 49.1 Å². The van der Waals surface area contributed by atoms with Gasteiger partial charge in [0.05, 0.1) is 34.5 Å². The van der Waals surface area contributed by atoms with E-state index < -0.39 is 12.1 Å². The van der Waals surface area contributed by atoms with Crippen LogP contribution in [0.25, 0.3) is 45.0 Å². The first-order chi connectivity index (χ1) is 60.5. The molecule has 2 atom stereocenters. The third kappa shape index (κ3) is 18.2. The summed E-state index contributed by atoms with van der Waals surface area (Å²) in [6.07, 6.45) is 22.9. The molecule has 24 rings (SSSR count). The van der Waals surface area contributed by atoms with Crippen molar-refractivity contribution < 1.29 is 119 Å². The van der Waals surface area contributed by atoms with Crippen molar-refractivity contribution >= 4 is 172 Å². The van der Waals surface area contributed by atoms with E-state index in [1.54, 1.807) is 62.0 Å². The van der Waals surface area contributed by atoms with Crippen molar-refractivity contribution in [1.29, 1.82) is 0 Å². The monoisotopic (exact) mass is 2530 g/mol. The maximum atomic E-state index is 10.0. The first-order valence-electron chi connectivity index (χ1n) is 39.1. The van der Waals surface area contributed by atoms with Crippen LogP contribution in [-0.2, 0) is 114 Å². The molecule has 4 aromatic heterocycles. The molecule has 8 aliphatic rings. The maximum Gasteiger partial charge on any atom is 0.195 e. The van der Waals surface area contributed by atoms with Gasteiger partial charge in [-0.05, 0) is 86.8 Å². The van der Waals surface area contributed by atoms with Crippen LogP contribution in [0.5, 0.6) is 46.0 Å². The summed E-state index contributed by atoms with van der Waals surface area (Å²) in [5.41, 5.74) is 15.0. The summed E-state index contributed by atoms with van der Waals surface area (Å²) in [7, 11) is 0. The molecule has 8 aliphatic heterocycles. The fourth-order valence-electron chi connectivity index (χ4n) is 15.9. The average molecular weight is 2530 g/mol. The molecule has 4 radical (unpaired) electrons. The van der Waals surface area contributed by atoms with Crippen LogP contribution in [0.3, 0.4) is 0 Å². The predicted molar refractivity (Wildman–Crippen MR) is 503 cm³/mol. The molecule has 2 N–H and O–H groups in total. The van der Waals surface area contributed by atoms with E-state index >= 15 is 0 Å². The second-order valence-corrected chi connectivity index (χ2v) is 41.9. The number of carbonyl (C=O) groups excluding carboxylic acids is 2. The smallest absolute Gasteiger partial charge is 0.195 e. The molecule has 0 spiro atoms. The Morgan fingerprint density at radius 3 is 0.898 bits per heavy atom. The standard InChI is InChI=1S/2C22H12BN2S2.2C22H12N2O2PS.2C5H8O2.4Ir/c2*1-3-7-18-15(5-1)23-16-6-2-4-8-19(16)27-21-12-14(11-20(26-18)22(21)23)17-13-24-9-10-25-17;2*28-27-20-7-3-1-5-16(20)25-18-11-14(15-13-23-9-10-24-15)12-19(22(18)27)26-17-6-2-4-8-21(17)27;2*1-4(6)3-5(2)7;;;;/h2*1-11,13H;2*1-11,13H;2*3,6H,1-2H3;;;;/q4*-1;;;;;;. The molecular weight excluding hydrogens is 2460 g/mol. The number of hydrogen-bond acceptors (Lipinski definition) is 22. The number of benzene rings is 12. The fraction of sp³-hybridized carbons (Fsp3) is 0.0408. The van der Waals surface area contributed by atoms with Crippen molar-refractivity contribution in [2.24, 2.45) is 0 Å². The number of aromatic nitrogens is 8. The number of ether oxygens (including phenoxy) is 4. The average Bonchev–Trinajstić information content (AvgIpc) is 0.737. The van der Waals surface area contributed by atoms with Gasteiger partial charge in [-0.1, -0.05) is 235 Å². The molecule has 16 nitrogen and oxygen atoms in total. The van der Waals surface area contributed by atoms with Crippen LogP contribution in [0.1, 0.15) is 27.7 Å². The second kappa shape index (κ2) is 40.2. The van der Waals surface area contributed by atoms with E-state index in [-0.39, 0.29) is 117 Å². The van der Waals surface area contributed by atoms with E-state index in [2.05, 4.69) is 198 Å². The number of carbonyl (C=O) groups is 2. The predicted octanol–water partition coefficient (Wildman–Crippen LogP) is 16.7. The van der Waals surface area contributed by atoms with Crippen LogP contribution in [0.2, 0.25) is 0 Å². The number of fused-ring (bicyclic) bond motifs is 16. The number of ketones is 2. The van der Waals surface area contributed by atoms with Crippen LogP contribution < -0.4 is 83.6 Å². The quantitative estimate of drug-likeness (QED) is 0.0520. The van der Waals surface area contributed by atoms with Gasteiger partial charge in [-0.3, -0.25) is 29.5 Å².